The first-order valence-corrected chi connectivity index (χ1v) is 7.07. The van der Waals surface area contributed by atoms with Crippen molar-refractivity contribution in [1.29, 1.82) is 0 Å². The third-order valence-electron chi connectivity index (χ3n) is 2.29. The second-order valence-corrected chi connectivity index (χ2v) is 4.73. The zero-order valence-corrected chi connectivity index (χ0v) is 12.0. The zero-order chi connectivity index (χ0) is 13.8. The van der Waals surface area contributed by atoms with Crippen LogP contribution in [-0.4, -0.2) is 45.3 Å². The van der Waals surface area contributed by atoms with Gasteiger partial charge in [0.1, 0.15) is 6.61 Å². The molecule has 0 amide bonds. The second-order valence-electron chi connectivity index (χ2n) is 3.73. The van der Waals surface area contributed by atoms with Gasteiger partial charge in [-0.2, -0.15) is 0 Å². The van der Waals surface area contributed by atoms with Crippen LogP contribution in [0.15, 0.2) is 11.4 Å². The van der Waals surface area contributed by atoms with Crippen molar-refractivity contribution >= 4 is 11.3 Å². The maximum atomic E-state index is 8.66. The molecule has 0 aliphatic rings. The monoisotopic (exact) mass is 284 g/mol. The van der Waals surface area contributed by atoms with E-state index >= 15 is 0 Å². The molecule has 0 atom stereocenters. The minimum absolute atomic E-state index is 0.120. The number of thiophene rings is 1. The molecule has 0 spiro atoms. The van der Waals surface area contributed by atoms with E-state index < -0.39 is 0 Å². The third-order valence-corrected chi connectivity index (χ3v) is 3.18. The average molecular weight is 284 g/mol. The van der Waals surface area contributed by atoms with E-state index in [1.807, 2.05) is 11.4 Å². The molecule has 0 aliphatic carbocycles. The first-order valence-electron chi connectivity index (χ1n) is 6.19. The van der Waals surface area contributed by atoms with E-state index in [0.717, 1.165) is 23.5 Å². The van der Waals surface area contributed by atoms with Gasteiger partial charge in [-0.1, -0.05) is 11.8 Å². The largest absolute Gasteiger partial charge is 0.385 e. The Bertz CT molecular complexity index is 392. The van der Waals surface area contributed by atoms with Gasteiger partial charge in [0.2, 0.25) is 0 Å². The first-order chi connectivity index (χ1) is 9.38. The van der Waals surface area contributed by atoms with Crippen LogP contribution in [-0.2, 0) is 20.8 Å². The van der Waals surface area contributed by atoms with Gasteiger partial charge < -0.3 is 19.3 Å². The van der Waals surface area contributed by atoms with Crippen molar-refractivity contribution in [2.24, 2.45) is 0 Å². The normalized spacial score (nSPS) is 10.2. The Hall–Kier alpha value is -0.900. The number of aliphatic hydroxyl groups is 1. The SMILES string of the molecule is COCCCOCCOCc1sccc1C#CCO. The Labute approximate surface area is 118 Å². The lowest BCUT2D eigenvalue weighted by molar-refractivity contribution is 0.0344. The van der Waals surface area contributed by atoms with E-state index in [2.05, 4.69) is 11.8 Å². The highest BCUT2D eigenvalue weighted by molar-refractivity contribution is 7.10. The van der Waals surface area contributed by atoms with E-state index in [1.165, 1.54) is 0 Å². The molecule has 1 aromatic heterocycles. The lowest BCUT2D eigenvalue weighted by atomic mass is 10.2. The molecule has 0 radical (unpaired) electrons. The Kier molecular flexibility index (Phi) is 9.33. The van der Waals surface area contributed by atoms with Crippen molar-refractivity contribution in [3.8, 4) is 11.8 Å². The van der Waals surface area contributed by atoms with Gasteiger partial charge in [-0.05, 0) is 17.9 Å². The van der Waals surface area contributed by atoms with Gasteiger partial charge in [0.15, 0.2) is 0 Å². The summed E-state index contributed by atoms with van der Waals surface area (Å²) >= 11 is 1.61. The number of aliphatic hydroxyl groups excluding tert-OH is 1. The summed E-state index contributed by atoms with van der Waals surface area (Å²) in [6.07, 6.45) is 0.905. The predicted molar refractivity (Wildman–Crippen MR) is 75.3 cm³/mol. The van der Waals surface area contributed by atoms with Crippen LogP contribution in [0.4, 0.5) is 0 Å². The number of ether oxygens (including phenoxy) is 3. The maximum Gasteiger partial charge on any atom is 0.104 e. The predicted octanol–water partition coefficient (Wildman–Crippen LogP) is 1.66. The third kappa shape index (κ3) is 7.31. The molecule has 0 saturated carbocycles. The van der Waals surface area contributed by atoms with E-state index in [-0.39, 0.29) is 6.61 Å². The van der Waals surface area contributed by atoms with Crippen LogP contribution in [0.2, 0.25) is 0 Å². The number of rotatable bonds is 9. The van der Waals surface area contributed by atoms with Crippen molar-refractivity contribution < 1.29 is 19.3 Å². The van der Waals surface area contributed by atoms with E-state index in [4.69, 9.17) is 19.3 Å². The van der Waals surface area contributed by atoms with Crippen molar-refractivity contribution in [3.05, 3.63) is 21.9 Å². The lowest BCUT2D eigenvalue weighted by Crippen LogP contribution is -2.06. The van der Waals surface area contributed by atoms with Gasteiger partial charge >= 0.3 is 0 Å². The molecule has 0 unspecified atom stereocenters. The zero-order valence-electron chi connectivity index (χ0n) is 11.2. The summed E-state index contributed by atoms with van der Waals surface area (Å²) in [5.74, 6) is 5.54. The Morgan fingerprint density at radius 3 is 2.84 bits per heavy atom. The quantitative estimate of drug-likeness (QED) is 0.553. The van der Waals surface area contributed by atoms with E-state index in [9.17, 15) is 0 Å². The molecule has 1 rings (SSSR count). The highest BCUT2D eigenvalue weighted by Gasteiger charge is 2.01. The van der Waals surface area contributed by atoms with Crippen molar-refractivity contribution in [2.45, 2.75) is 13.0 Å². The van der Waals surface area contributed by atoms with Crippen molar-refractivity contribution in [1.82, 2.24) is 0 Å². The molecule has 106 valence electrons. The molecule has 0 aromatic carbocycles. The first kappa shape index (κ1) is 16.2. The van der Waals surface area contributed by atoms with Gasteiger partial charge in [-0.15, -0.1) is 11.3 Å². The topological polar surface area (TPSA) is 47.9 Å². The minimum atomic E-state index is -0.120. The number of hydrogen-bond acceptors (Lipinski definition) is 5. The van der Waals surface area contributed by atoms with Gasteiger partial charge in [0.25, 0.3) is 0 Å². The Morgan fingerprint density at radius 2 is 2.05 bits per heavy atom. The molecule has 0 bridgehead atoms. The van der Waals surface area contributed by atoms with E-state index in [0.29, 0.717) is 26.4 Å². The molecular formula is C14H20O4S. The van der Waals surface area contributed by atoms with Crippen LogP contribution in [0, 0.1) is 11.8 Å². The standard InChI is InChI=1S/C14H20O4S/c1-16-7-3-8-17-9-10-18-12-14-13(4-2-6-15)5-11-19-14/h5,11,15H,3,6-10,12H2,1H3. The molecule has 0 aliphatic heterocycles. The van der Waals surface area contributed by atoms with Crippen molar-refractivity contribution in [2.75, 3.05) is 40.1 Å². The molecule has 1 heterocycles. The second kappa shape index (κ2) is 11.0. The Balaban J connectivity index is 2.11. The summed E-state index contributed by atoms with van der Waals surface area (Å²) in [7, 11) is 1.68. The van der Waals surface area contributed by atoms with Crippen LogP contribution < -0.4 is 0 Å². The van der Waals surface area contributed by atoms with Gasteiger partial charge in [-0.25, -0.2) is 0 Å². The summed E-state index contributed by atoms with van der Waals surface area (Å²) in [4.78, 5) is 1.08. The fourth-order valence-corrected chi connectivity index (χ4v) is 2.15. The molecular weight excluding hydrogens is 264 g/mol. The molecule has 1 N–H and O–H groups in total. The van der Waals surface area contributed by atoms with E-state index in [1.54, 1.807) is 18.4 Å². The van der Waals surface area contributed by atoms with Crippen LogP contribution >= 0.6 is 11.3 Å². The summed E-state index contributed by atoms with van der Waals surface area (Å²) in [5, 5.41) is 10.6. The number of hydrogen-bond donors (Lipinski definition) is 1. The highest BCUT2D eigenvalue weighted by atomic mass is 32.1. The van der Waals surface area contributed by atoms with Crippen molar-refractivity contribution in [3.63, 3.8) is 0 Å². The summed E-state index contributed by atoms with van der Waals surface area (Å²) in [6, 6.07) is 1.94. The summed E-state index contributed by atoms with van der Waals surface area (Å²) < 4.78 is 15.8. The molecule has 1 aromatic rings. The fourth-order valence-electron chi connectivity index (χ4n) is 1.39. The van der Waals surface area contributed by atoms with Crippen LogP contribution in [0.5, 0.6) is 0 Å². The van der Waals surface area contributed by atoms with Crippen LogP contribution in [0.25, 0.3) is 0 Å². The fraction of sp³-hybridized carbons (Fsp3) is 0.571. The summed E-state index contributed by atoms with van der Waals surface area (Å²) in [6.45, 7) is 3.00. The van der Waals surface area contributed by atoms with Crippen LogP contribution in [0.3, 0.4) is 0 Å². The van der Waals surface area contributed by atoms with Crippen LogP contribution in [0.1, 0.15) is 16.9 Å². The Morgan fingerprint density at radius 1 is 1.21 bits per heavy atom. The molecule has 0 saturated heterocycles. The number of methoxy groups -OCH3 is 1. The average Bonchev–Trinajstić information content (AvgIpc) is 2.87. The molecule has 0 fully saturated rings. The maximum absolute atomic E-state index is 8.66. The molecule has 19 heavy (non-hydrogen) atoms. The summed E-state index contributed by atoms with van der Waals surface area (Å²) in [5.41, 5.74) is 0.931. The highest BCUT2D eigenvalue weighted by Crippen LogP contribution is 2.16. The molecule has 4 nitrogen and oxygen atoms in total. The smallest absolute Gasteiger partial charge is 0.104 e. The van der Waals surface area contributed by atoms with Gasteiger partial charge in [0, 0.05) is 30.8 Å². The van der Waals surface area contributed by atoms with Gasteiger partial charge in [0.05, 0.1) is 19.8 Å². The molecule has 5 heteroatoms. The minimum Gasteiger partial charge on any atom is -0.385 e. The van der Waals surface area contributed by atoms with Gasteiger partial charge in [-0.3, -0.25) is 0 Å². The lowest BCUT2D eigenvalue weighted by Gasteiger charge is -2.05.